The maximum Gasteiger partial charge on any atom is 0.336 e. The number of benzene rings is 3. The fraction of sp³-hybridized carbons (Fsp3) is 0.0476. The van der Waals surface area contributed by atoms with Gasteiger partial charge in [-0.3, -0.25) is 30.3 Å². The lowest BCUT2D eigenvalue weighted by Gasteiger charge is -2.07. The first-order valence-corrected chi connectivity index (χ1v) is 11.1. The van der Waals surface area contributed by atoms with Gasteiger partial charge in [0.1, 0.15) is 0 Å². The summed E-state index contributed by atoms with van der Waals surface area (Å²) in [4.78, 5) is 44.8. The first-order valence-electron chi connectivity index (χ1n) is 9.51. The number of nitro benzene ring substituents is 3. The van der Waals surface area contributed by atoms with Gasteiger partial charge in [-0.25, -0.2) is 4.79 Å². The van der Waals surface area contributed by atoms with Gasteiger partial charge < -0.3 is 5.11 Å². The quantitative estimate of drug-likeness (QED) is 0.180. The second-order valence-electron chi connectivity index (χ2n) is 7.37. The standard InChI is InChI=1S/C21H9N3O8S2/c25-20(26)13-7-9(22(27)28)5-11-17(13)19-12(6-10(23(29)30)8-14(19)24(31)32)18(11)21-33-15-3-1-2-4-16(15)34-21/h1-8,18H/p+1. The maximum absolute atomic E-state index is 12.1. The van der Waals surface area contributed by atoms with Crippen molar-refractivity contribution in [2.75, 3.05) is 0 Å². The molecule has 0 radical (unpaired) electrons. The molecule has 1 aromatic heterocycles. The zero-order valence-electron chi connectivity index (χ0n) is 16.7. The van der Waals surface area contributed by atoms with Gasteiger partial charge in [0.2, 0.25) is 0 Å². The van der Waals surface area contributed by atoms with Gasteiger partial charge in [-0.15, -0.1) is 0 Å². The molecule has 0 bridgehead atoms. The molecule has 1 aliphatic carbocycles. The minimum atomic E-state index is -1.50. The number of carbonyl (C=O) groups is 1. The lowest BCUT2D eigenvalue weighted by molar-refractivity contribution is -0.393. The predicted molar refractivity (Wildman–Crippen MR) is 124 cm³/mol. The van der Waals surface area contributed by atoms with Crippen molar-refractivity contribution in [1.82, 2.24) is 0 Å². The van der Waals surface area contributed by atoms with Crippen LogP contribution in [0.3, 0.4) is 0 Å². The van der Waals surface area contributed by atoms with E-state index in [1.54, 1.807) is 0 Å². The molecule has 1 atom stereocenters. The van der Waals surface area contributed by atoms with Gasteiger partial charge in [0.15, 0.2) is 9.40 Å². The van der Waals surface area contributed by atoms with Crippen molar-refractivity contribution in [1.29, 1.82) is 0 Å². The smallest absolute Gasteiger partial charge is 0.336 e. The van der Waals surface area contributed by atoms with E-state index in [1.807, 2.05) is 24.3 Å². The van der Waals surface area contributed by atoms with E-state index >= 15 is 0 Å². The van der Waals surface area contributed by atoms with Crippen LogP contribution in [0.25, 0.3) is 20.5 Å². The molecule has 0 spiro atoms. The first kappa shape index (κ1) is 21.5. The van der Waals surface area contributed by atoms with E-state index in [-0.39, 0.29) is 22.3 Å². The van der Waals surface area contributed by atoms with Crippen molar-refractivity contribution >= 4 is 55.1 Å². The number of aromatic carboxylic acids is 1. The summed E-state index contributed by atoms with van der Waals surface area (Å²) in [5.74, 6) is -2.34. The molecule has 168 valence electrons. The van der Waals surface area contributed by atoms with E-state index in [1.165, 1.54) is 34.8 Å². The molecule has 1 N–H and O–H groups in total. The lowest BCUT2D eigenvalue weighted by atomic mass is 9.96. The van der Waals surface area contributed by atoms with Crippen molar-refractivity contribution in [2.45, 2.75) is 5.92 Å². The minimum absolute atomic E-state index is 0.0376. The molecule has 0 fully saturated rings. The summed E-state index contributed by atoms with van der Waals surface area (Å²) in [5, 5.41) is 44.9. The van der Waals surface area contributed by atoms with Crippen LogP contribution in [0.2, 0.25) is 0 Å². The van der Waals surface area contributed by atoms with E-state index in [9.17, 15) is 40.2 Å². The average Bonchev–Trinajstić information content (AvgIpc) is 3.35. The Bertz CT molecular complexity index is 1480. The van der Waals surface area contributed by atoms with Crippen LogP contribution in [0.4, 0.5) is 17.1 Å². The predicted octanol–water partition coefficient (Wildman–Crippen LogP) is 5.83. The Hall–Kier alpha value is -4.36. The van der Waals surface area contributed by atoms with Crippen LogP contribution < -0.4 is 0 Å². The van der Waals surface area contributed by atoms with Gasteiger partial charge in [0.05, 0.1) is 60.6 Å². The van der Waals surface area contributed by atoms with Crippen molar-refractivity contribution in [2.24, 2.45) is 0 Å². The zero-order valence-corrected chi connectivity index (χ0v) is 18.3. The molecule has 0 saturated carbocycles. The molecule has 11 nitrogen and oxygen atoms in total. The van der Waals surface area contributed by atoms with E-state index in [2.05, 4.69) is 0 Å². The summed E-state index contributed by atoms with van der Waals surface area (Å²) < 4.78 is 2.44. The molecule has 0 aliphatic heterocycles. The van der Waals surface area contributed by atoms with E-state index in [4.69, 9.17) is 0 Å². The zero-order chi connectivity index (χ0) is 24.3. The Labute approximate surface area is 196 Å². The lowest BCUT2D eigenvalue weighted by Crippen LogP contribution is -2.04. The van der Waals surface area contributed by atoms with E-state index < -0.39 is 49.3 Å². The summed E-state index contributed by atoms with van der Waals surface area (Å²) in [6, 6.07) is 11.4. The molecule has 0 amide bonds. The van der Waals surface area contributed by atoms with Crippen molar-refractivity contribution in [3.63, 3.8) is 0 Å². The fourth-order valence-corrected chi connectivity index (χ4v) is 6.97. The minimum Gasteiger partial charge on any atom is -0.478 e. The van der Waals surface area contributed by atoms with Crippen LogP contribution in [0.1, 0.15) is 31.6 Å². The van der Waals surface area contributed by atoms with Gasteiger partial charge >= 0.3 is 5.97 Å². The first-order chi connectivity index (χ1) is 16.2. The highest BCUT2D eigenvalue weighted by molar-refractivity contribution is 7.39. The topological polar surface area (TPSA) is 167 Å². The monoisotopic (exact) mass is 496 g/mol. The molecule has 5 rings (SSSR count). The third kappa shape index (κ3) is 3.17. The largest absolute Gasteiger partial charge is 0.478 e. The van der Waals surface area contributed by atoms with Crippen molar-refractivity contribution < 1.29 is 24.7 Å². The Morgan fingerprint density at radius 3 is 2.09 bits per heavy atom. The number of carboxylic acid groups (broad SMARTS) is 1. The SMILES string of the molecule is O=C(O)c1cc([N+](=O)[O-])cc2c1-c1c(cc([N+](=O)[O-])cc1[N+](=O)[O-])C2c1sc2ccccc2[s+]1. The number of fused-ring (bicyclic) bond motifs is 4. The molecule has 3 aromatic carbocycles. The number of rotatable bonds is 5. The molecule has 1 unspecified atom stereocenters. The third-order valence-electron chi connectivity index (χ3n) is 5.51. The summed E-state index contributed by atoms with van der Waals surface area (Å²) in [5.41, 5.74) is -1.88. The maximum atomic E-state index is 12.1. The van der Waals surface area contributed by atoms with Crippen LogP contribution >= 0.6 is 22.7 Å². The normalized spacial score (nSPS) is 13.9. The molecule has 1 heterocycles. The molecule has 13 heteroatoms. The second kappa shape index (κ2) is 7.60. The second-order valence-corrected chi connectivity index (χ2v) is 9.79. The van der Waals surface area contributed by atoms with Gasteiger partial charge in [0, 0.05) is 23.8 Å². The number of carboxylic acids is 1. The van der Waals surface area contributed by atoms with Crippen LogP contribution in [0.5, 0.6) is 0 Å². The molecule has 4 aromatic rings. The average molecular weight is 496 g/mol. The number of hydrogen-bond acceptors (Lipinski definition) is 8. The van der Waals surface area contributed by atoms with Gasteiger partial charge in [0.25, 0.3) is 21.3 Å². The molecule has 0 saturated heterocycles. The highest BCUT2D eigenvalue weighted by Crippen LogP contribution is 2.57. The Kier molecular flexibility index (Phi) is 4.81. The van der Waals surface area contributed by atoms with Gasteiger partial charge in [-0.05, 0) is 23.3 Å². The number of nitrogens with zero attached hydrogens (tertiary/aromatic N) is 3. The number of nitro groups is 3. The highest BCUT2D eigenvalue weighted by Gasteiger charge is 2.45. The van der Waals surface area contributed by atoms with Crippen LogP contribution in [-0.2, 0) is 0 Å². The van der Waals surface area contributed by atoms with Crippen LogP contribution in [0, 0.1) is 30.3 Å². The molecule has 34 heavy (non-hydrogen) atoms. The molecular formula is C21H10N3O8S2+. The Morgan fingerprint density at radius 1 is 0.882 bits per heavy atom. The molecular weight excluding hydrogens is 486 g/mol. The van der Waals surface area contributed by atoms with Crippen LogP contribution in [-0.4, -0.2) is 25.8 Å². The summed E-state index contributed by atoms with van der Waals surface area (Å²) in [7, 11) is 0. The number of hydrogen-bond donors (Lipinski definition) is 1. The fourth-order valence-electron chi connectivity index (χ4n) is 4.21. The summed E-state index contributed by atoms with van der Waals surface area (Å²) in [6.07, 6.45) is 0. The van der Waals surface area contributed by atoms with Crippen molar-refractivity contribution in [3.8, 4) is 11.1 Å². The van der Waals surface area contributed by atoms with E-state index in [0.717, 1.165) is 21.5 Å². The Morgan fingerprint density at radius 2 is 1.50 bits per heavy atom. The Balaban J connectivity index is 1.94. The third-order valence-corrected chi connectivity index (χ3v) is 8.17. The van der Waals surface area contributed by atoms with E-state index in [0.29, 0.717) is 4.19 Å². The highest BCUT2D eigenvalue weighted by atomic mass is 32.2. The molecule has 1 aliphatic rings. The van der Waals surface area contributed by atoms with Crippen LogP contribution in [0.15, 0.2) is 48.5 Å². The van der Waals surface area contributed by atoms with Crippen molar-refractivity contribution in [3.05, 3.63) is 99.8 Å². The van der Waals surface area contributed by atoms with Gasteiger partial charge in [-0.2, -0.15) is 0 Å². The van der Waals surface area contributed by atoms with Gasteiger partial charge in [-0.1, -0.05) is 12.1 Å². The summed E-state index contributed by atoms with van der Waals surface area (Å²) >= 11 is 2.68. The summed E-state index contributed by atoms with van der Waals surface area (Å²) in [6.45, 7) is 0. The number of non-ortho nitro benzene ring substituents is 2.